The van der Waals surface area contributed by atoms with Crippen molar-refractivity contribution in [1.82, 2.24) is 4.90 Å². The van der Waals surface area contributed by atoms with Crippen molar-refractivity contribution in [2.24, 2.45) is 17.8 Å². The molecule has 3 heteroatoms. The lowest BCUT2D eigenvalue weighted by molar-refractivity contribution is -0.148. The average molecular weight is 296 g/mol. The lowest BCUT2D eigenvalue weighted by Crippen LogP contribution is -2.67. The summed E-state index contributed by atoms with van der Waals surface area (Å²) in [6, 6.07) is 10.5. The summed E-state index contributed by atoms with van der Waals surface area (Å²) < 4.78 is 6.24. The fourth-order valence-electron chi connectivity index (χ4n) is 6.88. The molecule has 22 heavy (non-hydrogen) atoms. The predicted octanol–water partition coefficient (Wildman–Crippen LogP) is 2.48. The van der Waals surface area contributed by atoms with Crippen molar-refractivity contribution in [3.63, 3.8) is 0 Å². The highest BCUT2D eigenvalue weighted by Crippen LogP contribution is 2.62. The van der Waals surface area contributed by atoms with Crippen molar-refractivity contribution in [3.8, 4) is 0 Å². The second kappa shape index (κ2) is 3.88. The minimum atomic E-state index is 0.354. The van der Waals surface area contributed by atoms with Crippen molar-refractivity contribution in [2.45, 2.75) is 43.4 Å². The first-order valence-electron chi connectivity index (χ1n) is 9.01. The van der Waals surface area contributed by atoms with Crippen LogP contribution in [0.3, 0.4) is 0 Å². The van der Waals surface area contributed by atoms with Crippen LogP contribution in [0, 0.1) is 17.8 Å². The van der Waals surface area contributed by atoms with Gasteiger partial charge in [0.15, 0.2) is 0 Å². The third-order valence-electron chi connectivity index (χ3n) is 7.77. The molecule has 3 nitrogen and oxygen atoms in total. The van der Waals surface area contributed by atoms with E-state index in [1.54, 1.807) is 5.56 Å². The van der Waals surface area contributed by atoms with Gasteiger partial charge in [0, 0.05) is 41.6 Å². The molecule has 1 saturated carbocycles. The van der Waals surface area contributed by atoms with E-state index in [0.29, 0.717) is 23.5 Å². The number of anilines is 1. The minimum absolute atomic E-state index is 0.354. The Morgan fingerprint density at radius 1 is 1.23 bits per heavy atom. The van der Waals surface area contributed by atoms with Gasteiger partial charge < -0.3 is 10.1 Å². The smallest absolute Gasteiger partial charge is 0.0590 e. The molecule has 7 atom stereocenters. The van der Waals surface area contributed by atoms with Crippen LogP contribution in [0.15, 0.2) is 24.3 Å². The van der Waals surface area contributed by atoms with Crippen LogP contribution in [0.1, 0.15) is 25.3 Å². The van der Waals surface area contributed by atoms with Gasteiger partial charge in [0.2, 0.25) is 0 Å². The summed E-state index contributed by atoms with van der Waals surface area (Å²) in [6.45, 7) is 5.81. The van der Waals surface area contributed by atoms with E-state index < -0.39 is 0 Å². The van der Waals surface area contributed by atoms with E-state index in [-0.39, 0.29) is 0 Å². The lowest BCUT2D eigenvalue weighted by atomic mass is 9.53. The minimum Gasteiger partial charge on any atom is -0.381 e. The number of nitrogens with zero attached hydrogens (tertiary/aromatic N) is 1. The van der Waals surface area contributed by atoms with Crippen molar-refractivity contribution < 1.29 is 4.74 Å². The maximum absolute atomic E-state index is 6.24. The Morgan fingerprint density at radius 3 is 3.09 bits per heavy atom. The van der Waals surface area contributed by atoms with E-state index in [2.05, 4.69) is 41.4 Å². The van der Waals surface area contributed by atoms with Gasteiger partial charge in [-0.1, -0.05) is 18.2 Å². The molecule has 1 spiro atoms. The zero-order chi connectivity index (χ0) is 14.5. The first-order chi connectivity index (χ1) is 10.8. The van der Waals surface area contributed by atoms with Crippen molar-refractivity contribution in [2.75, 3.05) is 25.0 Å². The monoisotopic (exact) mass is 296 g/mol. The van der Waals surface area contributed by atoms with Gasteiger partial charge in [-0.05, 0) is 43.9 Å². The number of para-hydroxylation sites is 1. The number of fused-ring (bicyclic) bond motifs is 2. The van der Waals surface area contributed by atoms with Gasteiger partial charge >= 0.3 is 0 Å². The molecule has 1 aromatic carbocycles. The Labute approximate surface area is 132 Å². The standard InChI is InChI=1S/C19H24N2O/c1-11-13-9-21-7-6-19-15-4-2-3-5-16(15)20-18(19)14(10-22-11)12(13)8-17(19)21/h2-5,11-14,17-18,20H,6-10H2,1H3/t11-,12+,13+,14-,17+,18+,19-/m1/s1. The molecule has 116 valence electrons. The number of ether oxygens (including phenoxy) is 1. The fourth-order valence-corrected chi connectivity index (χ4v) is 6.88. The summed E-state index contributed by atoms with van der Waals surface area (Å²) in [7, 11) is 0. The number of rotatable bonds is 0. The molecule has 4 fully saturated rings. The molecule has 4 heterocycles. The first-order valence-corrected chi connectivity index (χ1v) is 9.01. The Balaban J connectivity index is 1.56. The third kappa shape index (κ3) is 1.21. The van der Waals surface area contributed by atoms with Crippen molar-refractivity contribution in [1.29, 1.82) is 0 Å². The molecule has 6 rings (SSSR count). The van der Waals surface area contributed by atoms with Gasteiger partial charge in [0.05, 0.1) is 12.7 Å². The largest absolute Gasteiger partial charge is 0.381 e. The van der Waals surface area contributed by atoms with Crippen LogP contribution in [0.4, 0.5) is 5.69 Å². The van der Waals surface area contributed by atoms with Crippen LogP contribution in [0.5, 0.6) is 0 Å². The van der Waals surface area contributed by atoms with Gasteiger partial charge in [0.1, 0.15) is 0 Å². The Morgan fingerprint density at radius 2 is 2.14 bits per heavy atom. The highest BCUT2D eigenvalue weighted by Gasteiger charge is 2.67. The molecule has 1 aromatic rings. The second-order valence-corrected chi connectivity index (χ2v) is 8.23. The quantitative estimate of drug-likeness (QED) is 0.796. The molecule has 0 unspecified atom stereocenters. The zero-order valence-electron chi connectivity index (χ0n) is 13.2. The van der Waals surface area contributed by atoms with E-state index in [0.717, 1.165) is 24.5 Å². The van der Waals surface area contributed by atoms with E-state index in [9.17, 15) is 0 Å². The molecule has 3 saturated heterocycles. The van der Waals surface area contributed by atoms with Gasteiger partial charge in [-0.15, -0.1) is 0 Å². The number of hydrogen-bond acceptors (Lipinski definition) is 3. The summed E-state index contributed by atoms with van der Waals surface area (Å²) in [5.74, 6) is 2.31. The number of nitrogens with one attached hydrogen (secondary N) is 1. The van der Waals surface area contributed by atoms with Crippen LogP contribution in [-0.2, 0) is 10.2 Å². The number of hydrogen-bond donors (Lipinski definition) is 1. The van der Waals surface area contributed by atoms with E-state index in [1.807, 2.05) is 0 Å². The highest BCUT2D eigenvalue weighted by atomic mass is 16.5. The van der Waals surface area contributed by atoms with Crippen LogP contribution in [0.2, 0.25) is 0 Å². The highest BCUT2D eigenvalue weighted by molar-refractivity contribution is 5.64. The predicted molar refractivity (Wildman–Crippen MR) is 86.0 cm³/mol. The molecule has 0 radical (unpaired) electrons. The maximum atomic E-state index is 6.24. The summed E-state index contributed by atoms with van der Waals surface area (Å²) in [5, 5.41) is 3.95. The number of benzene rings is 1. The Hall–Kier alpha value is -1.06. The molecular weight excluding hydrogens is 272 g/mol. The normalized spacial score (nSPS) is 51.1. The molecule has 0 amide bonds. The molecule has 4 aliphatic heterocycles. The first kappa shape index (κ1) is 12.4. The summed E-state index contributed by atoms with van der Waals surface area (Å²) in [5.41, 5.74) is 3.35. The van der Waals surface area contributed by atoms with Gasteiger partial charge in [-0.25, -0.2) is 0 Å². The summed E-state index contributed by atoms with van der Waals surface area (Å²) in [4.78, 5) is 2.80. The van der Waals surface area contributed by atoms with Crippen molar-refractivity contribution >= 4 is 5.69 Å². The second-order valence-electron chi connectivity index (χ2n) is 8.23. The van der Waals surface area contributed by atoms with Crippen LogP contribution in [-0.4, -0.2) is 42.8 Å². The zero-order valence-corrected chi connectivity index (χ0v) is 13.2. The SMILES string of the molecule is C[C@H]1OC[C@@H]2[C@H]3C[C@@H]4N(CC[C@@]45c4ccccc4N[C@@H]25)C[C@H]31. The Bertz CT molecular complexity index is 646. The van der Waals surface area contributed by atoms with Gasteiger partial charge in [-0.2, -0.15) is 0 Å². The van der Waals surface area contributed by atoms with Crippen LogP contribution < -0.4 is 5.32 Å². The van der Waals surface area contributed by atoms with Crippen LogP contribution >= 0.6 is 0 Å². The average Bonchev–Trinajstić information content (AvgIpc) is 3.09. The molecule has 1 aliphatic carbocycles. The maximum Gasteiger partial charge on any atom is 0.0590 e. The number of piperidine rings is 1. The summed E-state index contributed by atoms with van der Waals surface area (Å²) >= 11 is 0. The Kier molecular flexibility index (Phi) is 2.18. The van der Waals surface area contributed by atoms with E-state index in [1.165, 1.54) is 31.6 Å². The molecule has 0 aromatic heterocycles. The fraction of sp³-hybridized carbons (Fsp3) is 0.684. The van der Waals surface area contributed by atoms with Gasteiger partial charge in [0.25, 0.3) is 0 Å². The molecular formula is C19H24N2O. The van der Waals surface area contributed by atoms with E-state index in [4.69, 9.17) is 4.74 Å². The molecule has 5 aliphatic rings. The molecule has 2 bridgehead atoms. The van der Waals surface area contributed by atoms with Crippen molar-refractivity contribution in [3.05, 3.63) is 29.8 Å². The third-order valence-corrected chi connectivity index (χ3v) is 7.77. The van der Waals surface area contributed by atoms with E-state index >= 15 is 0 Å². The molecule has 1 N–H and O–H groups in total. The lowest BCUT2D eigenvalue weighted by Gasteiger charge is -2.59. The van der Waals surface area contributed by atoms with Crippen LogP contribution in [0.25, 0.3) is 0 Å². The van der Waals surface area contributed by atoms with Gasteiger partial charge in [-0.3, -0.25) is 4.90 Å². The summed E-state index contributed by atoms with van der Waals surface area (Å²) in [6.07, 6.45) is 3.17. The topological polar surface area (TPSA) is 24.5 Å².